The molecule has 2 aromatic heterocycles. The lowest BCUT2D eigenvalue weighted by Crippen LogP contribution is -2.26. The molecule has 0 amide bonds. The normalized spacial score (nSPS) is 13.6. The Labute approximate surface area is 205 Å². The van der Waals surface area contributed by atoms with Crippen LogP contribution in [-0.4, -0.2) is 51.2 Å². The van der Waals surface area contributed by atoms with Crippen LogP contribution in [0.15, 0.2) is 42.7 Å². The number of ether oxygens (including phenoxy) is 1. The number of nitrogens with one attached hydrogen (secondary N) is 1. The van der Waals surface area contributed by atoms with Gasteiger partial charge >= 0.3 is 5.97 Å². The van der Waals surface area contributed by atoms with E-state index in [9.17, 15) is 14.3 Å². The number of carbonyl (C=O) groups is 1. The highest BCUT2D eigenvalue weighted by Gasteiger charge is 2.19. The Kier molecular flexibility index (Phi) is 6.04. The summed E-state index contributed by atoms with van der Waals surface area (Å²) >= 11 is 6.44. The lowest BCUT2D eigenvalue weighted by atomic mass is 9.99. The summed E-state index contributed by atoms with van der Waals surface area (Å²) in [6.07, 6.45) is 3.79. The Balaban J connectivity index is 1.57. The van der Waals surface area contributed by atoms with Crippen LogP contribution in [0.2, 0.25) is 5.02 Å². The number of carboxylic acid groups (broad SMARTS) is 1. The lowest BCUT2D eigenvalue weighted by molar-refractivity contribution is -0.136. The van der Waals surface area contributed by atoms with Gasteiger partial charge in [-0.3, -0.25) is 9.36 Å². The average molecular weight is 496 g/mol. The number of nitrogens with zero attached hydrogens (tertiary/aromatic N) is 4. The molecular weight excluding hydrogens is 473 g/mol. The van der Waals surface area contributed by atoms with E-state index < -0.39 is 11.8 Å². The van der Waals surface area contributed by atoms with Gasteiger partial charge in [-0.1, -0.05) is 11.6 Å². The molecule has 10 heteroatoms. The van der Waals surface area contributed by atoms with E-state index >= 15 is 0 Å². The van der Waals surface area contributed by atoms with Crippen LogP contribution >= 0.6 is 11.6 Å². The standard InChI is InChI=1S/C25H23ClFN5O3/c1-31-6-5-14-8-22(35-2)20(7-15(14)12-31)29-25-28-11-19(26)24(30-25)32-13-16(9-23(33)34)18-4-3-17(27)10-21(18)32/h3-4,7-8,10-11,13H,5-6,9,12H2,1-2H3,(H,33,34)(H,28,29,30). The van der Waals surface area contributed by atoms with E-state index in [1.807, 2.05) is 12.1 Å². The van der Waals surface area contributed by atoms with Crippen LogP contribution in [0.3, 0.4) is 0 Å². The number of benzene rings is 2. The zero-order valence-corrected chi connectivity index (χ0v) is 19.9. The first-order valence-electron chi connectivity index (χ1n) is 11.0. The second kappa shape index (κ2) is 9.16. The number of carboxylic acids is 1. The molecule has 1 aliphatic rings. The molecule has 35 heavy (non-hydrogen) atoms. The van der Waals surface area contributed by atoms with Crippen LogP contribution in [0.4, 0.5) is 16.0 Å². The Morgan fingerprint density at radius 1 is 1.29 bits per heavy atom. The summed E-state index contributed by atoms with van der Waals surface area (Å²) in [4.78, 5) is 22.5. The smallest absolute Gasteiger partial charge is 0.307 e. The number of halogens is 2. The number of hydrogen-bond donors (Lipinski definition) is 2. The fourth-order valence-electron chi connectivity index (χ4n) is 4.45. The monoisotopic (exact) mass is 495 g/mol. The van der Waals surface area contributed by atoms with Crippen LogP contribution in [-0.2, 0) is 24.2 Å². The molecule has 180 valence electrons. The number of aliphatic carboxylic acids is 1. The second-order valence-electron chi connectivity index (χ2n) is 8.56. The Morgan fingerprint density at radius 2 is 2.11 bits per heavy atom. The third kappa shape index (κ3) is 4.52. The summed E-state index contributed by atoms with van der Waals surface area (Å²) in [5.74, 6) is -0.204. The first-order chi connectivity index (χ1) is 16.8. The molecule has 0 atom stereocenters. The van der Waals surface area contributed by atoms with Crippen LogP contribution in [0.1, 0.15) is 16.7 Å². The number of hydrogen-bond acceptors (Lipinski definition) is 6. The van der Waals surface area contributed by atoms with Crippen molar-refractivity contribution in [1.29, 1.82) is 0 Å². The molecule has 0 bridgehead atoms. The van der Waals surface area contributed by atoms with Gasteiger partial charge in [-0.2, -0.15) is 4.98 Å². The Bertz CT molecular complexity index is 1460. The number of fused-ring (bicyclic) bond motifs is 2. The predicted octanol–water partition coefficient (Wildman–Crippen LogP) is 4.58. The van der Waals surface area contributed by atoms with E-state index in [0.29, 0.717) is 33.7 Å². The summed E-state index contributed by atoms with van der Waals surface area (Å²) < 4.78 is 21.3. The van der Waals surface area contributed by atoms with E-state index in [1.54, 1.807) is 23.9 Å². The minimum Gasteiger partial charge on any atom is -0.495 e. The fraction of sp³-hybridized carbons (Fsp3) is 0.240. The van der Waals surface area contributed by atoms with Gasteiger partial charge in [-0.05, 0) is 60.5 Å². The lowest BCUT2D eigenvalue weighted by Gasteiger charge is -2.26. The van der Waals surface area contributed by atoms with E-state index in [1.165, 1.54) is 29.5 Å². The average Bonchev–Trinajstić information content (AvgIpc) is 3.16. The van der Waals surface area contributed by atoms with Crippen molar-refractivity contribution >= 4 is 40.1 Å². The third-order valence-electron chi connectivity index (χ3n) is 6.12. The first kappa shape index (κ1) is 23.1. The van der Waals surface area contributed by atoms with Crippen molar-refractivity contribution in [2.45, 2.75) is 19.4 Å². The molecule has 2 aromatic carbocycles. The molecule has 8 nitrogen and oxygen atoms in total. The maximum absolute atomic E-state index is 14.1. The summed E-state index contributed by atoms with van der Waals surface area (Å²) in [5.41, 5.74) is 4.14. The molecule has 2 N–H and O–H groups in total. The summed E-state index contributed by atoms with van der Waals surface area (Å²) in [7, 11) is 3.69. The van der Waals surface area contributed by atoms with Crippen molar-refractivity contribution in [1.82, 2.24) is 19.4 Å². The second-order valence-corrected chi connectivity index (χ2v) is 8.96. The maximum Gasteiger partial charge on any atom is 0.307 e. The van der Waals surface area contributed by atoms with Gasteiger partial charge < -0.3 is 20.1 Å². The summed E-state index contributed by atoms with van der Waals surface area (Å²) in [5, 5.41) is 13.4. The van der Waals surface area contributed by atoms with E-state index in [-0.39, 0.29) is 17.4 Å². The van der Waals surface area contributed by atoms with Crippen molar-refractivity contribution < 1.29 is 19.0 Å². The molecule has 1 aliphatic heterocycles. The molecule has 0 saturated carbocycles. The zero-order valence-electron chi connectivity index (χ0n) is 19.2. The third-order valence-corrected chi connectivity index (χ3v) is 6.38. The topological polar surface area (TPSA) is 92.5 Å². The highest BCUT2D eigenvalue weighted by molar-refractivity contribution is 6.32. The SMILES string of the molecule is COc1cc2c(cc1Nc1ncc(Cl)c(-n3cc(CC(=O)O)c4ccc(F)cc43)n1)CN(C)CC2. The van der Waals surface area contributed by atoms with E-state index in [4.69, 9.17) is 16.3 Å². The number of rotatable bonds is 6. The van der Waals surface area contributed by atoms with Gasteiger partial charge in [0.1, 0.15) is 16.6 Å². The Hall–Kier alpha value is -3.69. The van der Waals surface area contributed by atoms with Gasteiger partial charge in [-0.15, -0.1) is 0 Å². The van der Waals surface area contributed by atoms with Gasteiger partial charge in [0, 0.05) is 24.7 Å². The summed E-state index contributed by atoms with van der Waals surface area (Å²) in [6.45, 7) is 1.82. The van der Waals surface area contributed by atoms with Crippen molar-refractivity contribution in [3.63, 3.8) is 0 Å². The number of aromatic nitrogens is 3. The minimum absolute atomic E-state index is 0.219. The molecule has 0 aliphatic carbocycles. The molecule has 5 rings (SSSR count). The van der Waals surface area contributed by atoms with Crippen LogP contribution in [0.25, 0.3) is 16.7 Å². The molecule has 4 aromatic rings. The molecule has 0 radical (unpaired) electrons. The molecule has 3 heterocycles. The molecule has 0 fully saturated rings. The van der Waals surface area contributed by atoms with Crippen LogP contribution in [0.5, 0.6) is 5.75 Å². The van der Waals surface area contributed by atoms with Crippen molar-refractivity contribution in [2.75, 3.05) is 26.0 Å². The van der Waals surface area contributed by atoms with E-state index in [2.05, 4.69) is 27.2 Å². The first-order valence-corrected chi connectivity index (χ1v) is 11.4. The summed E-state index contributed by atoms with van der Waals surface area (Å²) in [6, 6.07) is 8.25. The highest BCUT2D eigenvalue weighted by Crippen LogP contribution is 2.34. The van der Waals surface area contributed by atoms with Crippen molar-refractivity contribution in [2.24, 2.45) is 0 Å². The molecule has 0 unspecified atom stereocenters. The quantitative estimate of drug-likeness (QED) is 0.404. The number of methoxy groups -OCH3 is 1. The predicted molar refractivity (Wildman–Crippen MR) is 131 cm³/mol. The maximum atomic E-state index is 14.1. The fourth-order valence-corrected chi connectivity index (χ4v) is 4.63. The van der Waals surface area contributed by atoms with Gasteiger partial charge in [0.05, 0.1) is 30.9 Å². The molecule has 0 spiro atoms. The van der Waals surface area contributed by atoms with Crippen LogP contribution < -0.4 is 10.1 Å². The number of likely N-dealkylation sites (N-methyl/N-ethyl adjacent to an activating group) is 1. The minimum atomic E-state index is -0.991. The molecule has 0 saturated heterocycles. The largest absolute Gasteiger partial charge is 0.495 e. The van der Waals surface area contributed by atoms with Gasteiger partial charge in [0.25, 0.3) is 0 Å². The molecular formula is C25H23ClFN5O3. The van der Waals surface area contributed by atoms with Crippen molar-refractivity contribution in [3.8, 4) is 11.6 Å². The highest BCUT2D eigenvalue weighted by atomic mass is 35.5. The van der Waals surface area contributed by atoms with Crippen molar-refractivity contribution in [3.05, 3.63) is 70.3 Å². The van der Waals surface area contributed by atoms with Gasteiger partial charge in [-0.25, -0.2) is 9.37 Å². The Morgan fingerprint density at radius 3 is 2.89 bits per heavy atom. The van der Waals surface area contributed by atoms with Crippen LogP contribution in [0, 0.1) is 5.82 Å². The number of anilines is 2. The van der Waals surface area contributed by atoms with Gasteiger partial charge in [0.15, 0.2) is 5.82 Å². The van der Waals surface area contributed by atoms with Gasteiger partial charge in [0.2, 0.25) is 5.95 Å². The zero-order chi connectivity index (χ0) is 24.7. The van der Waals surface area contributed by atoms with E-state index in [0.717, 1.165) is 19.5 Å².